The molecular weight excluding hydrogens is 296 g/mol. The molecule has 0 spiro atoms. The summed E-state index contributed by atoms with van der Waals surface area (Å²) in [5.74, 6) is 0. The van der Waals surface area contributed by atoms with E-state index in [1.54, 1.807) is 11.3 Å². The Morgan fingerprint density at radius 3 is 2.59 bits per heavy atom. The van der Waals surface area contributed by atoms with E-state index in [2.05, 4.69) is 39.2 Å². The molecule has 0 aromatic carbocycles. The molecule has 6 nitrogen and oxygen atoms in total. The summed E-state index contributed by atoms with van der Waals surface area (Å²) in [6.07, 6.45) is 1.17. The first-order valence-electron chi connectivity index (χ1n) is 8.05. The van der Waals surface area contributed by atoms with Crippen LogP contribution in [0.1, 0.15) is 19.0 Å². The van der Waals surface area contributed by atoms with Gasteiger partial charge in [0.25, 0.3) is 0 Å². The van der Waals surface area contributed by atoms with Crippen molar-refractivity contribution >= 4 is 26.8 Å². The van der Waals surface area contributed by atoms with Gasteiger partial charge in [-0.2, -0.15) is 5.10 Å². The van der Waals surface area contributed by atoms with Gasteiger partial charge in [-0.1, -0.05) is 18.3 Å². The average molecular weight is 322 g/mol. The lowest BCUT2D eigenvalue weighted by Gasteiger charge is -2.37. The molecule has 2 aromatic rings. The number of hydrogen-bond acceptors (Lipinski definition) is 6. The Hall–Kier alpha value is -1.18. The van der Waals surface area contributed by atoms with E-state index in [1.807, 2.05) is 18.7 Å². The van der Waals surface area contributed by atoms with Crippen LogP contribution in [0, 0.1) is 6.92 Å². The van der Waals surface area contributed by atoms with Gasteiger partial charge in [0.15, 0.2) is 10.8 Å². The third kappa shape index (κ3) is 3.11. The zero-order valence-corrected chi connectivity index (χ0v) is 14.8. The lowest BCUT2D eigenvalue weighted by atomic mass is 10.1. The first-order valence-corrected chi connectivity index (χ1v) is 8.86. The third-order valence-electron chi connectivity index (χ3n) is 4.56. The van der Waals surface area contributed by atoms with Crippen LogP contribution in [0.15, 0.2) is 0 Å². The summed E-state index contributed by atoms with van der Waals surface area (Å²) < 4.78 is 3.06. The van der Waals surface area contributed by atoms with Crippen LogP contribution in [-0.2, 0) is 7.05 Å². The van der Waals surface area contributed by atoms with Crippen LogP contribution in [0.5, 0.6) is 0 Å². The normalized spacial score (nSPS) is 18.9. The predicted octanol–water partition coefficient (Wildman–Crippen LogP) is 1.78. The van der Waals surface area contributed by atoms with Gasteiger partial charge in [-0.05, 0) is 20.4 Å². The smallest absolute Gasteiger partial charge is 0.185 e. The highest BCUT2D eigenvalue weighted by Gasteiger charge is 2.21. The fraction of sp³-hybridized carbons (Fsp3) is 0.733. The fourth-order valence-electron chi connectivity index (χ4n) is 3.08. The fourth-order valence-corrected chi connectivity index (χ4v) is 4.02. The molecule has 0 radical (unpaired) electrons. The molecule has 7 heteroatoms. The Morgan fingerprint density at radius 1 is 1.23 bits per heavy atom. The molecule has 3 rings (SSSR count). The van der Waals surface area contributed by atoms with E-state index in [0.717, 1.165) is 23.0 Å². The van der Waals surface area contributed by atoms with E-state index < -0.39 is 0 Å². The van der Waals surface area contributed by atoms with Crippen molar-refractivity contribution < 1.29 is 0 Å². The number of anilines is 1. The summed E-state index contributed by atoms with van der Waals surface area (Å²) in [6.45, 7) is 9.96. The summed E-state index contributed by atoms with van der Waals surface area (Å²) in [5.41, 5.74) is 2.05. The van der Waals surface area contributed by atoms with Crippen molar-refractivity contribution in [1.82, 2.24) is 24.6 Å². The molecule has 1 aliphatic heterocycles. The Balaban J connectivity index is 1.63. The number of hydrogen-bond donors (Lipinski definition) is 1. The van der Waals surface area contributed by atoms with Crippen molar-refractivity contribution in [2.75, 3.05) is 45.1 Å². The van der Waals surface area contributed by atoms with Crippen LogP contribution < -0.4 is 5.32 Å². The van der Waals surface area contributed by atoms with Crippen molar-refractivity contribution in [3.63, 3.8) is 0 Å². The van der Waals surface area contributed by atoms with Crippen molar-refractivity contribution in [2.24, 2.45) is 7.05 Å². The first-order chi connectivity index (χ1) is 10.6. The number of nitrogens with zero attached hydrogens (tertiary/aromatic N) is 5. The zero-order chi connectivity index (χ0) is 15.7. The molecule has 1 N–H and O–H groups in total. The van der Waals surface area contributed by atoms with Crippen molar-refractivity contribution in [2.45, 2.75) is 26.3 Å². The second-order valence-corrected chi connectivity index (χ2v) is 7.16. The van der Waals surface area contributed by atoms with Crippen LogP contribution in [-0.4, -0.2) is 70.4 Å². The maximum atomic E-state index is 4.68. The standard InChI is InChI=1S/C15H26N6S/c1-5-12(21-8-6-19(3)7-9-21)10-16-15-17-14-13(22-15)11(2)18-20(14)4/h12H,5-10H2,1-4H3,(H,16,17)/t12-/m0/s1. The second-order valence-electron chi connectivity index (χ2n) is 6.16. The van der Waals surface area contributed by atoms with Gasteiger partial charge in [0.2, 0.25) is 0 Å². The van der Waals surface area contributed by atoms with E-state index in [4.69, 9.17) is 0 Å². The van der Waals surface area contributed by atoms with Gasteiger partial charge in [-0.3, -0.25) is 4.90 Å². The SMILES string of the molecule is CC[C@@H](CNc1nc2c(s1)c(C)nn2C)N1CCN(C)CC1. The van der Waals surface area contributed by atoms with E-state index >= 15 is 0 Å². The van der Waals surface area contributed by atoms with Crippen LogP contribution in [0.3, 0.4) is 0 Å². The lowest BCUT2D eigenvalue weighted by Crippen LogP contribution is -2.50. The summed E-state index contributed by atoms with van der Waals surface area (Å²) in [7, 11) is 4.16. The Kier molecular flexibility index (Phi) is 4.65. The minimum Gasteiger partial charge on any atom is -0.360 e. The lowest BCUT2D eigenvalue weighted by molar-refractivity contribution is 0.114. The number of piperazine rings is 1. The van der Waals surface area contributed by atoms with Gasteiger partial charge in [-0.15, -0.1) is 0 Å². The van der Waals surface area contributed by atoms with E-state index in [-0.39, 0.29) is 0 Å². The van der Waals surface area contributed by atoms with Crippen molar-refractivity contribution in [3.05, 3.63) is 5.69 Å². The zero-order valence-electron chi connectivity index (χ0n) is 14.0. The predicted molar refractivity (Wildman–Crippen MR) is 92.8 cm³/mol. The number of fused-ring (bicyclic) bond motifs is 1. The number of likely N-dealkylation sites (N-methyl/N-ethyl adjacent to an activating group) is 1. The summed E-state index contributed by atoms with van der Waals surface area (Å²) in [4.78, 5) is 9.68. The largest absolute Gasteiger partial charge is 0.360 e. The molecule has 2 aromatic heterocycles. The quantitative estimate of drug-likeness (QED) is 0.909. The third-order valence-corrected chi connectivity index (χ3v) is 5.67. The molecule has 1 atom stereocenters. The molecule has 1 aliphatic rings. The van der Waals surface area contributed by atoms with Gasteiger partial charge in [-0.25, -0.2) is 9.67 Å². The number of aromatic nitrogens is 3. The molecule has 0 aliphatic carbocycles. The molecule has 1 fully saturated rings. The minimum absolute atomic E-state index is 0.583. The molecule has 0 unspecified atom stereocenters. The summed E-state index contributed by atoms with van der Waals surface area (Å²) >= 11 is 1.71. The number of thiazole rings is 1. The Bertz CT molecular complexity index is 591. The van der Waals surface area contributed by atoms with Gasteiger partial charge in [0.05, 0.1) is 10.4 Å². The van der Waals surface area contributed by atoms with Crippen LogP contribution in [0.25, 0.3) is 10.3 Å². The maximum absolute atomic E-state index is 4.68. The molecule has 122 valence electrons. The molecule has 1 saturated heterocycles. The topological polar surface area (TPSA) is 49.2 Å². The first kappa shape index (κ1) is 15.7. The van der Waals surface area contributed by atoms with Crippen LogP contribution >= 0.6 is 11.3 Å². The van der Waals surface area contributed by atoms with Gasteiger partial charge in [0.1, 0.15) is 0 Å². The molecular formula is C15H26N6S. The highest BCUT2D eigenvalue weighted by Crippen LogP contribution is 2.28. The Morgan fingerprint density at radius 2 is 1.95 bits per heavy atom. The van der Waals surface area contributed by atoms with Crippen molar-refractivity contribution in [1.29, 1.82) is 0 Å². The van der Waals surface area contributed by atoms with Crippen molar-refractivity contribution in [3.8, 4) is 0 Å². The molecule has 22 heavy (non-hydrogen) atoms. The second kappa shape index (κ2) is 6.52. The highest BCUT2D eigenvalue weighted by molar-refractivity contribution is 7.22. The number of rotatable bonds is 5. The number of aryl methyl sites for hydroxylation is 2. The molecule has 0 amide bonds. The Labute approximate surface area is 136 Å². The van der Waals surface area contributed by atoms with E-state index in [0.29, 0.717) is 6.04 Å². The summed E-state index contributed by atoms with van der Waals surface area (Å²) in [6, 6.07) is 0.583. The monoisotopic (exact) mass is 322 g/mol. The molecule has 0 bridgehead atoms. The van der Waals surface area contributed by atoms with Gasteiger partial charge < -0.3 is 10.2 Å². The average Bonchev–Trinajstić information content (AvgIpc) is 3.03. The van der Waals surface area contributed by atoms with E-state index in [1.165, 1.54) is 37.3 Å². The van der Waals surface area contributed by atoms with Gasteiger partial charge in [0, 0.05) is 45.8 Å². The minimum atomic E-state index is 0.583. The van der Waals surface area contributed by atoms with Crippen LogP contribution in [0.2, 0.25) is 0 Å². The molecule has 3 heterocycles. The molecule has 0 saturated carbocycles. The van der Waals surface area contributed by atoms with Crippen LogP contribution in [0.4, 0.5) is 5.13 Å². The number of nitrogens with one attached hydrogen (secondary N) is 1. The highest BCUT2D eigenvalue weighted by atomic mass is 32.1. The summed E-state index contributed by atoms with van der Waals surface area (Å²) in [5, 5.41) is 8.97. The van der Waals surface area contributed by atoms with Gasteiger partial charge >= 0.3 is 0 Å². The van der Waals surface area contributed by atoms with E-state index in [9.17, 15) is 0 Å². The maximum Gasteiger partial charge on any atom is 0.185 e.